The molecule has 22 heavy (non-hydrogen) atoms. The van der Waals surface area contributed by atoms with Crippen molar-refractivity contribution in [2.75, 3.05) is 0 Å². The van der Waals surface area contributed by atoms with E-state index < -0.39 is 0 Å². The van der Waals surface area contributed by atoms with Gasteiger partial charge in [-0.3, -0.25) is 9.59 Å². The molecular weight excluding hydrogens is 320 g/mol. The molecule has 2 N–H and O–H groups in total. The molecule has 114 valence electrons. The quantitative estimate of drug-likeness (QED) is 0.620. The Morgan fingerprint density at radius 1 is 0.636 bits per heavy atom. The van der Waals surface area contributed by atoms with Crippen LogP contribution in [-0.4, -0.2) is 10.2 Å². The van der Waals surface area contributed by atoms with Gasteiger partial charge in [-0.15, -0.1) is 22.7 Å². The number of hydrogen-bond donors (Lipinski definition) is 2. The van der Waals surface area contributed by atoms with Crippen LogP contribution in [0.1, 0.15) is 22.3 Å². The molecule has 0 saturated heterocycles. The van der Waals surface area contributed by atoms with Crippen LogP contribution < -0.4 is 10.9 Å². The van der Waals surface area contributed by atoms with Crippen molar-refractivity contribution < 1.29 is 10.2 Å². The average Bonchev–Trinajstić information content (AvgIpc) is 2.52. The van der Waals surface area contributed by atoms with Crippen LogP contribution in [0.4, 0.5) is 0 Å². The van der Waals surface area contributed by atoms with Crippen LogP contribution in [0, 0.1) is 36.8 Å². The van der Waals surface area contributed by atoms with Crippen molar-refractivity contribution in [1.82, 2.24) is 0 Å². The first-order valence-electron chi connectivity index (χ1n) is 6.67. The molecule has 1 heterocycles. The Morgan fingerprint density at radius 2 is 0.955 bits per heavy atom. The number of benzene rings is 1. The number of phenols is 2. The van der Waals surface area contributed by atoms with E-state index in [4.69, 9.17) is 0 Å². The predicted molar refractivity (Wildman–Crippen MR) is 89.8 cm³/mol. The van der Waals surface area contributed by atoms with E-state index >= 15 is 0 Å². The fourth-order valence-corrected chi connectivity index (χ4v) is 5.03. The lowest BCUT2D eigenvalue weighted by atomic mass is 10.1. The molecule has 0 atom stereocenters. The maximum absolute atomic E-state index is 12.4. The standard InChI is InChI=1S/C16H14O4S2/c1-5-6(2)10(18)14-13(9(5)17)21-15-11(19)7(3)8(4)12(20)16(15)22-14/h17-18H,1-4H3. The summed E-state index contributed by atoms with van der Waals surface area (Å²) in [4.78, 5) is 24.9. The second-order valence-electron chi connectivity index (χ2n) is 5.38. The van der Waals surface area contributed by atoms with Crippen LogP contribution in [-0.2, 0) is 0 Å². The zero-order valence-electron chi connectivity index (χ0n) is 12.5. The molecular formula is C16H14O4S2. The van der Waals surface area contributed by atoms with Gasteiger partial charge in [-0.25, -0.2) is 0 Å². The maximum Gasteiger partial charge on any atom is 0.200 e. The number of phenolic OH excluding ortho intramolecular Hbond substituents is 2. The van der Waals surface area contributed by atoms with Crippen molar-refractivity contribution in [3.8, 4) is 11.5 Å². The summed E-state index contributed by atoms with van der Waals surface area (Å²) in [5.74, 6) is 0.108. The van der Waals surface area contributed by atoms with E-state index in [2.05, 4.69) is 0 Å². The summed E-state index contributed by atoms with van der Waals surface area (Å²) >= 11 is 2.13. The summed E-state index contributed by atoms with van der Waals surface area (Å²) < 4.78 is 1.56. The minimum Gasteiger partial charge on any atom is -0.506 e. The van der Waals surface area contributed by atoms with Gasteiger partial charge in [0.05, 0.1) is 18.5 Å². The van der Waals surface area contributed by atoms with Gasteiger partial charge in [0.2, 0.25) is 10.9 Å². The summed E-state index contributed by atoms with van der Waals surface area (Å²) in [6.45, 7) is 6.70. The molecule has 0 amide bonds. The molecule has 0 spiro atoms. The Labute approximate surface area is 133 Å². The Bertz CT molecular complexity index is 1030. The summed E-state index contributed by atoms with van der Waals surface area (Å²) in [6.07, 6.45) is 0. The molecule has 0 radical (unpaired) electrons. The second kappa shape index (κ2) is 4.79. The van der Waals surface area contributed by atoms with E-state index in [0.29, 0.717) is 40.7 Å². The molecule has 1 aromatic rings. The lowest BCUT2D eigenvalue weighted by Crippen LogP contribution is -2.18. The van der Waals surface area contributed by atoms with Crippen LogP contribution >= 0.6 is 22.7 Å². The highest BCUT2D eigenvalue weighted by Gasteiger charge is 2.17. The first-order chi connectivity index (χ1) is 10.3. The maximum atomic E-state index is 12.4. The predicted octanol–water partition coefficient (Wildman–Crippen LogP) is 3.05. The first kappa shape index (κ1) is 15.0. The summed E-state index contributed by atoms with van der Waals surface area (Å²) in [7, 11) is 0. The van der Waals surface area contributed by atoms with Crippen LogP contribution in [0.2, 0.25) is 0 Å². The Hall–Kier alpha value is -1.92. The summed E-state index contributed by atoms with van der Waals surface area (Å²) in [6, 6.07) is 0. The minimum absolute atomic E-state index is 0.0542. The van der Waals surface area contributed by atoms with Crippen molar-refractivity contribution in [3.05, 3.63) is 51.8 Å². The normalized spacial score (nSPS) is 11.5. The van der Waals surface area contributed by atoms with E-state index in [1.807, 2.05) is 0 Å². The van der Waals surface area contributed by atoms with Gasteiger partial charge < -0.3 is 10.2 Å². The van der Waals surface area contributed by atoms with Crippen LogP contribution in [0.15, 0.2) is 9.59 Å². The highest BCUT2D eigenvalue weighted by Crippen LogP contribution is 2.42. The van der Waals surface area contributed by atoms with E-state index in [-0.39, 0.29) is 22.4 Å². The second-order valence-corrected chi connectivity index (χ2v) is 7.42. The van der Waals surface area contributed by atoms with E-state index in [9.17, 15) is 19.8 Å². The number of fused-ring (bicyclic) bond motifs is 1. The van der Waals surface area contributed by atoms with Crippen LogP contribution in [0.3, 0.4) is 0 Å². The molecule has 0 saturated carbocycles. The largest absolute Gasteiger partial charge is 0.506 e. The highest BCUT2D eigenvalue weighted by molar-refractivity contribution is 7.26. The smallest absolute Gasteiger partial charge is 0.200 e. The van der Waals surface area contributed by atoms with Crippen molar-refractivity contribution in [1.29, 1.82) is 0 Å². The zero-order valence-corrected chi connectivity index (χ0v) is 14.2. The molecule has 6 heteroatoms. The van der Waals surface area contributed by atoms with Crippen molar-refractivity contribution in [2.45, 2.75) is 27.7 Å². The first-order valence-corrected chi connectivity index (χ1v) is 8.30. The number of aromatic hydroxyl groups is 2. The van der Waals surface area contributed by atoms with Gasteiger partial charge in [-0.2, -0.15) is 0 Å². The topological polar surface area (TPSA) is 74.6 Å². The van der Waals surface area contributed by atoms with Gasteiger partial charge in [0.15, 0.2) is 0 Å². The lowest BCUT2D eigenvalue weighted by molar-refractivity contribution is 0.464. The Kier molecular flexibility index (Phi) is 3.27. The van der Waals surface area contributed by atoms with Gasteiger partial charge in [-0.1, -0.05) is 0 Å². The molecule has 3 rings (SSSR count). The number of hydrogen-bond acceptors (Lipinski definition) is 6. The van der Waals surface area contributed by atoms with Crippen LogP contribution in [0.25, 0.3) is 9.40 Å². The van der Waals surface area contributed by atoms with E-state index in [0.717, 1.165) is 22.7 Å². The molecule has 1 aromatic carbocycles. The van der Waals surface area contributed by atoms with E-state index in [1.54, 1.807) is 27.7 Å². The summed E-state index contributed by atoms with van der Waals surface area (Å²) in [5.41, 5.74) is 1.65. The van der Waals surface area contributed by atoms with Gasteiger partial charge in [0.1, 0.15) is 11.5 Å². The molecule has 0 aromatic heterocycles. The Morgan fingerprint density at radius 3 is 1.27 bits per heavy atom. The fraction of sp³-hybridized carbons (Fsp3) is 0.250. The molecule has 0 unspecified atom stereocenters. The molecule has 1 aliphatic carbocycles. The van der Waals surface area contributed by atoms with Gasteiger partial charge >= 0.3 is 0 Å². The monoisotopic (exact) mass is 334 g/mol. The minimum atomic E-state index is -0.188. The van der Waals surface area contributed by atoms with Gasteiger partial charge in [-0.05, 0) is 38.8 Å². The summed E-state index contributed by atoms with van der Waals surface area (Å²) in [5, 5.41) is 20.7. The zero-order chi connectivity index (χ0) is 16.3. The molecule has 0 fully saturated rings. The lowest BCUT2D eigenvalue weighted by Gasteiger charge is -2.10. The van der Waals surface area contributed by atoms with Crippen molar-refractivity contribution in [2.24, 2.45) is 0 Å². The van der Waals surface area contributed by atoms with Crippen LogP contribution in [0.5, 0.6) is 11.5 Å². The van der Waals surface area contributed by atoms with Crippen molar-refractivity contribution >= 4 is 32.1 Å². The third-order valence-electron chi connectivity index (χ3n) is 4.18. The molecule has 0 bridgehead atoms. The molecule has 2 aliphatic rings. The SMILES string of the molecule is Cc1c(C)c(O)c2sc3c(=O)c(C)c(C)c(=O)c=3sc2c1O. The average molecular weight is 334 g/mol. The van der Waals surface area contributed by atoms with Gasteiger partial charge in [0, 0.05) is 11.1 Å². The van der Waals surface area contributed by atoms with Crippen molar-refractivity contribution in [3.63, 3.8) is 0 Å². The third-order valence-corrected chi connectivity index (χ3v) is 6.83. The Balaban J connectivity index is 2.77. The highest BCUT2D eigenvalue weighted by atomic mass is 32.1. The fourth-order valence-electron chi connectivity index (χ4n) is 2.38. The third kappa shape index (κ3) is 1.80. The molecule has 1 aliphatic heterocycles. The number of rotatable bonds is 0. The van der Waals surface area contributed by atoms with E-state index in [1.165, 1.54) is 0 Å². The molecule has 4 nitrogen and oxygen atoms in total. The van der Waals surface area contributed by atoms with Gasteiger partial charge in [0.25, 0.3) is 0 Å².